The molecule has 0 aliphatic carbocycles. The number of carbonyl (C=O) groups excluding carboxylic acids is 1. The summed E-state index contributed by atoms with van der Waals surface area (Å²) in [7, 11) is 1.61. The van der Waals surface area contributed by atoms with Crippen molar-refractivity contribution in [2.75, 3.05) is 51.5 Å². The lowest BCUT2D eigenvalue weighted by Gasteiger charge is -2.31. The van der Waals surface area contributed by atoms with Gasteiger partial charge in [0.2, 0.25) is 5.95 Å². The molecule has 4 aromatic heterocycles. The molecule has 4 aromatic rings. The Bertz CT molecular complexity index is 1510. The number of pyridine rings is 1. The van der Waals surface area contributed by atoms with Gasteiger partial charge in [-0.15, -0.1) is 0 Å². The number of fused-ring (bicyclic) bond motifs is 3. The number of morpholine rings is 1. The van der Waals surface area contributed by atoms with E-state index in [1.807, 2.05) is 12.3 Å². The number of carbonyl (C=O) groups is 1. The van der Waals surface area contributed by atoms with Crippen LogP contribution in [0.4, 0.5) is 5.95 Å². The minimum Gasteiger partial charge on any atom is -0.383 e. The molecule has 1 amide bonds. The summed E-state index contributed by atoms with van der Waals surface area (Å²) in [4.78, 5) is 45.0. The van der Waals surface area contributed by atoms with Gasteiger partial charge in [-0.05, 0) is 30.2 Å². The van der Waals surface area contributed by atoms with Crippen molar-refractivity contribution >= 4 is 28.5 Å². The van der Waals surface area contributed by atoms with Crippen molar-refractivity contribution in [1.29, 1.82) is 0 Å². The van der Waals surface area contributed by atoms with Crippen molar-refractivity contribution in [2.45, 2.75) is 19.5 Å². The molecular formula is C25H27N7O4. The molecular weight excluding hydrogens is 462 g/mol. The summed E-state index contributed by atoms with van der Waals surface area (Å²) in [6.45, 7) is 4.53. The van der Waals surface area contributed by atoms with E-state index in [9.17, 15) is 9.59 Å². The average molecular weight is 490 g/mol. The summed E-state index contributed by atoms with van der Waals surface area (Å²) in [5, 5.41) is 0.410. The molecule has 0 N–H and O–H groups in total. The van der Waals surface area contributed by atoms with Crippen molar-refractivity contribution in [3.8, 4) is 0 Å². The highest BCUT2D eigenvalue weighted by molar-refractivity contribution is 5.98. The zero-order valence-corrected chi connectivity index (χ0v) is 20.1. The van der Waals surface area contributed by atoms with Gasteiger partial charge in [0.1, 0.15) is 17.0 Å². The summed E-state index contributed by atoms with van der Waals surface area (Å²) >= 11 is 0. The molecule has 1 fully saturated rings. The second kappa shape index (κ2) is 9.32. The second-order valence-electron chi connectivity index (χ2n) is 8.98. The molecule has 0 atom stereocenters. The van der Waals surface area contributed by atoms with E-state index in [0.29, 0.717) is 74.2 Å². The SMILES string of the molecule is COCCn1c(C(=O)N2CCc3cnc(N4CCOCC4)nc3C2)cc2c(=O)n3ccccc3nc21. The van der Waals surface area contributed by atoms with Crippen LogP contribution in [0, 0.1) is 0 Å². The summed E-state index contributed by atoms with van der Waals surface area (Å²) < 4.78 is 14.0. The number of ether oxygens (including phenoxy) is 2. The van der Waals surface area contributed by atoms with Gasteiger partial charge in [0.25, 0.3) is 11.5 Å². The molecule has 0 spiro atoms. The largest absolute Gasteiger partial charge is 0.383 e. The van der Waals surface area contributed by atoms with Crippen LogP contribution in [-0.2, 0) is 29.0 Å². The Morgan fingerprint density at radius 3 is 2.86 bits per heavy atom. The van der Waals surface area contributed by atoms with Gasteiger partial charge in [-0.3, -0.25) is 14.0 Å². The Morgan fingerprint density at radius 2 is 2.03 bits per heavy atom. The Morgan fingerprint density at radius 1 is 1.17 bits per heavy atom. The van der Waals surface area contributed by atoms with Gasteiger partial charge >= 0.3 is 0 Å². The number of rotatable bonds is 5. The molecule has 2 aliphatic heterocycles. The van der Waals surface area contributed by atoms with E-state index in [1.165, 1.54) is 4.40 Å². The quantitative estimate of drug-likeness (QED) is 0.411. The third-order valence-corrected chi connectivity index (χ3v) is 6.83. The fraction of sp³-hybridized carbons (Fsp3) is 0.400. The maximum absolute atomic E-state index is 13.8. The lowest BCUT2D eigenvalue weighted by Crippen LogP contribution is -2.40. The van der Waals surface area contributed by atoms with Crippen LogP contribution in [0.1, 0.15) is 21.7 Å². The second-order valence-corrected chi connectivity index (χ2v) is 8.98. The van der Waals surface area contributed by atoms with Crippen LogP contribution in [0.25, 0.3) is 16.7 Å². The highest BCUT2D eigenvalue weighted by Gasteiger charge is 2.28. The minimum absolute atomic E-state index is 0.158. The van der Waals surface area contributed by atoms with Crippen LogP contribution in [0.3, 0.4) is 0 Å². The van der Waals surface area contributed by atoms with Crippen molar-refractivity contribution in [2.24, 2.45) is 0 Å². The van der Waals surface area contributed by atoms with Crippen LogP contribution >= 0.6 is 0 Å². The third-order valence-electron chi connectivity index (χ3n) is 6.83. The van der Waals surface area contributed by atoms with Gasteiger partial charge < -0.3 is 23.8 Å². The van der Waals surface area contributed by atoms with Gasteiger partial charge in [0, 0.05) is 45.7 Å². The van der Waals surface area contributed by atoms with Gasteiger partial charge in [0.15, 0.2) is 0 Å². The number of methoxy groups -OCH3 is 1. The van der Waals surface area contributed by atoms with E-state index < -0.39 is 0 Å². The number of aromatic nitrogens is 5. The number of hydrogen-bond donors (Lipinski definition) is 0. The molecule has 6 rings (SSSR count). The molecule has 6 heterocycles. The molecule has 0 aromatic carbocycles. The fourth-order valence-electron chi connectivity index (χ4n) is 4.88. The van der Waals surface area contributed by atoms with Gasteiger partial charge in [-0.2, -0.15) is 0 Å². The molecule has 11 nitrogen and oxygen atoms in total. The fourth-order valence-corrected chi connectivity index (χ4v) is 4.88. The predicted octanol–water partition coefficient (Wildman–Crippen LogP) is 1.12. The zero-order valence-electron chi connectivity index (χ0n) is 20.1. The maximum atomic E-state index is 13.8. The van der Waals surface area contributed by atoms with Crippen LogP contribution in [-0.4, -0.2) is 81.3 Å². The van der Waals surface area contributed by atoms with Gasteiger partial charge in [-0.1, -0.05) is 6.07 Å². The first-order chi connectivity index (χ1) is 17.6. The van der Waals surface area contributed by atoms with Crippen LogP contribution in [0.15, 0.2) is 41.5 Å². The molecule has 2 aliphatic rings. The number of nitrogens with zero attached hydrogens (tertiary/aromatic N) is 7. The minimum atomic E-state index is -0.201. The number of amides is 1. The molecule has 11 heteroatoms. The van der Waals surface area contributed by atoms with Crippen LogP contribution in [0.5, 0.6) is 0 Å². The molecule has 1 saturated heterocycles. The molecule has 0 radical (unpaired) electrons. The van der Waals surface area contributed by atoms with E-state index in [4.69, 9.17) is 19.4 Å². The number of anilines is 1. The highest BCUT2D eigenvalue weighted by atomic mass is 16.5. The Labute approximate surface area is 206 Å². The molecule has 0 bridgehead atoms. The van der Waals surface area contributed by atoms with E-state index in [0.717, 1.165) is 24.3 Å². The topological polar surface area (TPSA) is 107 Å². The zero-order chi connectivity index (χ0) is 24.6. The molecule has 36 heavy (non-hydrogen) atoms. The van der Waals surface area contributed by atoms with Crippen molar-refractivity contribution < 1.29 is 14.3 Å². The van der Waals surface area contributed by atoms with Crippen molar-refractivity contribution in [3.05, 3.63) is 64.0 Å². The van der Waals surface area contributed by atoms with Crippen molar-refractivity contribution in [1.82, 2.24) is 28.8 Å². The molecule has 186 valence electrons. The van der Waals surface area contributed by atoms with E-state index in [1.54, 1.807) is 41.0 Å². The standard InChI is InChI=1S/C25H27N7O4/c1-35-11-10-31-20(14-18-22(31)28-21-4-2-3-6-32(21)23(18)33)24(34)30-7-5-17-15-26-25(27-19(17)16-30)29-8-12-36-13-9-29/h2-4,6,14-15H,5,7-13,16H2,1H3. The Kier molecular flexibility index (Phi) is 5.86. The number of hydrogen-bond acceptors (Lipinski definition) is 8. The average Bonchev–Trinajstić information content (AvgIpc) is 3.30. The van der Waals surface area contributed by atoms with Crippen LogP contribution in [0.2, 0.25) is 0 Å². The van der Waals surface area contributed by atoms with Gasteiger partial charge in [0.05, 0.1) is 37.4 Å². The summed E-state index contributed by atoms with van der Waals surface area (Å²) in [6.07, 6.45) is 4.24. The normalized spacial score (nSPS) is 16.0. The lowest BCUT2D eigenvalue weighted by molar-refractivity contribution is 0.0718. The van der Waals surface area contributed by atoms with E-state index >= 15 is 0 Å². The highest BCUT2D eigenvalue weighted by Crippen LogP contribution is 2.24. The monoisotopic (exact) mass is 489 g/mol. The summed E-state index contributed by atoms with van der Waals surface area (Å²) in [6, 6.07) is 7.06. The first-order valence-corrected chi connectivity index (χ1v) is 12.1. The maximum Gasteiger partial charge on any atom is 0.270 e. The summed E-state index contributed by atoms with van der Waals surface area (Å²) in [5.74, 6) is 0.513. The lowest BCUT2D eigenvalue weighted by atomic mass is 10.1. The Balaban J connectivity index is 1.36. The van der Waals surface area contributed by atoms with E-state index in [-0.39, 0.29) is 11.5 Å². The predicted molar refractivity (Wildman–Crippen MR) is 132 cm³/mol. The van der Waals surface area contributed by atoms with Gasteiger partial charge in [-0.25, -0.2) is 15.0 Å². The first-order valence-electron chi connectivity index (χ1n) is 12.1. The first kappa shape index (κ1) is 22.6. The summed E-state index contributed by atoms with van der Waals surface area (Å²) in [5.41, 5.74) is 3.16. The van der Waals surface area contributed by atoms with Crippen molar-refractivity contribution in [3.63, 3.8) is 0 Å². The Hall–Kier alpha value is -3.83. The smallest absolute Gasteiger partial charge is 0.270 e. The molecule has 0 saturated carbocycles. The molecule has 0 unspecified atom stereocenters. The van der Waals surface area contributed by atoms with Crippen LogP contribution < -0.4 is 10.5 Å². The van der Waals surface area contributed by atoms with E-state index in [2.05, 4.69) is 9.88 Å². The third kappa shape index (κ3) is 3.90.